The van der Waals surface area contributed by atoms with Gasteiger partial charge in [-0.1, -0.05) is 13.8 Å². The third-order valence-corrected chi connectivity index (χ3v) is 3.77. The van der Waals surface area contributed by atoms with E-state index in [0.717, 1.165) is 12.8 Å². The highest BCUT2D eigenvalue weighted by Gasteiger charge is 2.38. The van der Waals surface area contributed by atoms with Gasteiger partial charge in [0.1, 0.15) is 6.10 Å². The van der Waals surface area contributed by atoms with E-state index in [4.69, 9.17) is 4.74 Å². The fourth-order valence-electron chi connectivity index (χ4n) is 2.40. The van der Waals surface area contributed by atoms with Crippen molar-refractivity contribution in [1.29, 1.82) is 0 Å². The Morgan fingerprint density at radius 3 is 2.11 bits per heavy atom. The second-order valence-electron chi connectivity index (χ2n) is 4.61. The van der Waals surface area contributed by atoms with Crippen molar-refractivity contribution in [3.63, 3.8) is 0 Å². The van der Waals surface area contributed by atoms with Gasteiger partial charge in [0, 0.05) is 18.0 Å². The predicted octanol–water partition coefficient (Wildman–Crippen LogP) is 1.64. The molecule has 0 saturated heterocycles. The standard InChI is InChI=1S/C13H23N3O2/c1-6-13(7-2,16(3)4)11(17)10-8-14-12(18-5)15-9-10/h8-9,11,17H,6-7H2,1-5H3. The zero-order valence-corrected chi connectivity index (χ0v) is 11.8. The number of nitrogens with zero attached hydrogens (tertiary/aromatic N) is 3. The summed E-state index contributed by atoms with van der Waals surface area (Å²) in [6.07, 6.45) is 4.33. The minimum atomic E-state index is -0.617. The van der Waals surface area contributed by atoms with E-state index in [2.05, 4.69) is 28.7 Å². The van der Waals surface area contributed by atoms with Crippen LogP contribution in [0.3, 0.4) is 0 Å². The summed E-state index contributed by atoms with van der Waals surface area (Å²) in [5, 5.41) is 10.6. The van der Waals surface area contributed by atoms with Crippen molar-refractivity contribution in [2.45, 2.75) is 38.3 Å². The largest absolute Gasteiger partial charge is 0.467 e. The molecule has 1 rings (SSSR count). The summed E-state index contributed by atoms with van der Waals surface area (Å²) in [5.41, 5.74) is 0.422. The van der Waals surface area contributed by atoms with Gasteiger partial charge < -0.3 is 14.7 Å². The van der Waals surface area contributed by atoms with Crippen LogP contribution in [0.1, 0.15) is 38.4 Å². The summed E-state index contributed by atoms with van der Waals surface area (Å²) in [6.45, 7) is 4.16. The third kappa shape index (κ3) is 2.62. The van der Waals surface area contributed by atoms with Crippen molar-refractivity contribution in [2.24, 2.45) is 0 Å². The lowest BCUT2D eigenvalue weighted by Gasteiger charge is -2.42. The SMILES string of the molecule is CCC(CC)(C(O)c1cnc(OC)nc1)N(C)C. The number of hydrogen-bond donors (Lipinski definition) is 1. The molecule has 0 radical (unpaired) electrons. The topological polar surface area (TPSA) is 58.5 Å². The van der Waals surface area contributed by atoms with E-state index in [1.165, 1.54) is 7.11 Å². The van der Waals surface area contributed by atoms with Gasteiger partial charge in [0.15, 0.2) is 0 Å². The van der Waals surface area contributed by atoms with Gasteiger partial charge in [-0.25, -0.2) is 9.97 Å². The maximum Gasteiger partial charge on any atom is 0.316 e. The Hall–Kier alpha value is -1.20. The monoisotopic (exact) mass is 253 g/mol. The predicted molar refractivity (Wildman–Crippen MR) is 70.5 cm³/mol. The Balaban J connectivity index is 3.05. The fourth-order valence-corrected chi connectivity index (χ4v) is 2.40. The van der Waals surface area contributed by atoms with Gasteiger partial charge in [0.05, 0.1) is 12.6 Å². The highest BCUT2D eigenvalue weighted by molar-refractivity contribution is 5.16. The molecule has 1 unspecified atom stereocenters. The summed E-state index contributed by atoms with van der Waals surface area (Å²) in [4.78, 5) is 10.2. The average molecular weight is 253 g/mol. The van der Waals surface area contributed by atoms with E-state index in [1.54, 1.807) is 12.4 Å². The van der Waals surface area contributed by atoms with Gasteiger partial charge in [0.2, 0.25) is 0 Å². The number of aromatic nitrogens is 2. The van der Waals surface area contributed by atoms with Gasteiger partial charge >= 0.3 is 6.01 Å². The number of aliphatic hydroxyl groups is 1. The molecule has 0 saturated carbocycles. The minimum Gasteiger partial charge on any atom is -0.467 e. The summed E-state index contributed by atoms with van der Waals surface area (Å²) < 4.78 is 4.92. The first-order chi connectivity index (χ1) is 8.51. The van der Waals surface area contributed by atoms with Crippen LogP contribution in [-0.4, -0.2) is 46.7 Å². The first-order valence-electron chi connectivity index (χ1n) is 6.23. The normalized spacial score (nSPS) is 13.7. The summed E-state index contributed by atoms with van der Waals surface area (Å²) in [7, 11) is 5.49. The van der Waals surface area contributed by atoms with Crippen LogP contribution in [0.5, 0.6) is 6.01 Å². The molecule has 1 aromatic heterocycles. The first kappa shape index (κ1) is 14.9. The van der Waals surface area contributed by atoms with Crippen LogP contribution in [0.15, 0.2) is 12.4 Å². The molecule has 102 valence electrons. The molecule has 1 N–H and O–H groups in total. The van der Waals surface area contributed by atoms with Gasteiger partial charge in [-0.2, -0.15) is 0 Å². The molecular formula is C13H23N3O2. The van der Waals surface area contributed by atoms with Gasteiger partial charge in [-0.3, -0.25) is 0 Å². The highest BCUT2D eigenvalue weighted by Crippen LogP contribution is 2.35. The highest BCUT2D eigenvalue weighted by atomic mass is 16.5. The third-order valence-electron chi connectivity index (χ3n) is 3.77. The van der Waals surface area contributed by atoms with Gasteiger partial charge in [0.25, 0.3) is 0 Å². The smallest absolute Gasteiger partial charge is 0.316 e. The van der Waals surface area contributed by atoms with Crippen LogP contribution >= 0.6 is 0 Å². The van der Waals surface area contributed by atoms with Crippen LogP contribution in [-0.2, 0) is 0 Å². The Morgan fingerprint density at radius 2 is 1.78 bits per heavy atom. The maximum atomic E-state index is 10.6. The number of aliphatic hydroxyl groups excluding tert-OH is 1. The van der Waals surface area contributed by atoms with E-state index in [1.807, 2.05) is 14.1 Å². The molecule has 0 aliphatic rings. The Bertz CT molecular complexity index is 361. The number of likely N-dealkylation sites (N-methyl/N-ethyl adjacent to an activating group) is 1. The fraction of sp³-hybridized carbons (Fsp3) is 0.692. The molecule has 0 aliphatic heterocycles. The second kappa shape index (κ2) is 6.11. The summed E-state index contributed by atoms with van der Waals surface area (Å²) >= 11 is 0. The molecule has 0 spiro atoms. The maximum absolute atomic E-state index is 10.6. The number of methoxy groups -OCH3 is 1. The molecule has 0 amide bonds. The van der Waals surface area contributed by atoms with Crippen LogP contribution in [0.25, 0.3) is 0 Å². The van der Waals surface area contributed by atoms with E-state index in [0.29, 0.717) is 11.6 Å². The molecule has 0 aliphatic carbocycles. The lowest BCUT2D eigenvalue weighted by atomic mass is 9.82. The number of rotatable bonds is 6. The molecule has 5 heteroatoms. The first-order valence-corrected chi connectivity index (χ1v) is 6.23. The van der Waals surface area contributed by atoms with E-state index < -0.39 is 6.10 Å². The van der Waals surface area contributed by atoms with Crippen molar-refractivity contribution in [1.82, 2.24) is 14.9 Å². The van der Waals surface area contributed by atoms with E-state index >= 15 is 0 Å². The Morgan fingerprint density at radius 1 is 1.28 bits per heavy atom. The molecule has 1 atom stereocenters. The van der Waals surface area contributed by atoms with Crippen molar-refractivity contribution < 1.29 is 9.84 Å². The van der Waals surface area contributed by atoms with Crippen molar-refractivity contribution in [3.8, 4) is 6.01 Å². The number of hydrogen-bond acceptors (Lipinski definition) is 5. The zero-order valence-electron chi connectivity index (χ0n) is 11.8. The molecule has 18 heavy (non-hydrogen) atoms. The molecule has 1 aromatic rings. The summed E-state index contributed by atoms with van der Waals surface area (Å²) in [5.74, 6) is 0. The molecule has 1 heterocycles. The second-order valence-corrected chi connectivity index (χ2v) is 4.61. The lowest BCUT2D eigenvalue weighted by molar-refractivity contribution is -0.0154. The molecule has 5 nitrogen and oxygen atoms in total. The Kier molecular flexibility index (Phi) is 5.04. The van der Waals surface area contributed by atoms with E-state index in [-0.39, 0.29) is 5.54 Å². The molecule has 0 aromatic carbocycles. The van der Waals surface area contributed by atoms with Crippen LogP contribution in [0, 0.1) is 0 Å². The van der Waals surface area contributed by atoms with Crippen LogP contribution in [0.2, 0.25) is 0 Å². The summed E-state index contributed by atoms with van der Waals surface area (Å²) in [6, 6.07) is 0.314. The van der Waals surface area contributed by atoms with Crippen LogP contribution in [0.4, 0.5) is 0 Å². The van der Waals surface area contributed by atoms with Crippen molar-refractivity contribution in [2.75, 3.05) is 21.2 Å². The number of ether oxygens (including phenoxy) is 1. The molecule has 0 fully saturated rings. The van der Waals surface area contributed by atoms with Crippen molar-refractivity contribution >= 4 is 0 Å². The molecule has 0 bridgehead atoms. The van der Waals surface area contributed by atoms with Gasteiger partial charge in [-0.15, -0.1) is 0 Å². The molecular weight excluding hydrogens is 230 g/mol. The zero-order chi connectivity index (χ0) is 13.8. The van der Waals surface area contributed by atoms with Crippen LogP contribution < -0.4 is 4.74 Å². The average Bonchev–Trinajstić information content (AvgIpc) is 2.40. The quantitative estimate of drug-likeness (QED) is 0.835. The van der Waals surface area contributed by atoms with E-state index in [9.17, 15) is 5.11 Å². The van der Waals surface area contributed by atoms with Gasteiger partial charge in [-0.05, 0) is 26.9 Å². The van der Waals surface area contributed by atoms with Crippen molar-refractivity contribution in [3.05, 3.63) is 18.0 Å². The minimum absolute atomic E-state index is 0.294. The Labute approximate surface area is 109 Å². The lowest BCUT2D eigenvalue weighted by Crippen LogP contribution is -2.48.